The molecule has 0 amide bonds. The topological polar surface area (TPSA) is 57.1 Å². The van der Waals surface area contributed by atoms with E-state index >= 15 is 0 Å². The highest BCUT2D eigenvalue weighted by Gasteiger charge is 2.16. The highest BCUT2D eigenvalue weighted by Crippen LogP contribution is 2.22. The van der Waals surface area contributed by atoms with Crippen LogP contribution in [0.1, 0.15) is 23.6 Å². The van der Waals surface area contributed by atoms with Crippen LogP contribution in [-0.4, -0.2) is 25.9 Å². The average Bonchev–Trinajstić information content (AvgIpc) is 2.81. The van der Waals surface area contributed by atoms with Crippen LogP contribution >= 0.6 is 0 Å². The lowest BCUT2D eigenvalue weighted by molar-refractivity contribution is -0.133. The number of carbonyl (C=O) groups is 1. The minimum atomic E-state index is -0.480. The third kappa shape index (κ3) is 5.60. The SMILES string of the molecule is CO/C=C(/C(=O)OC)c1ccccc1CO/N=C(C)/C=C/c1cccc2ccccc12. The summed E-state index contributed by atoms with van der Waals surface area (Å²) in [7, 11) is 2.82. The van der Waals surface area contributed by atoms with E-state index in [0.717, 1.165) is 16.8 Å². The zero-order valence-electron chi connectivity index (χ0n) is 17.9. The average molecular weight is 415 g/mol. The number of esters is 1. The molecule has 3 aromatic carbocycles. The number of carbonyl (C=O) groups excluding carboxylic acids is 1. The van der Waals surface area contributed by atoms with Crippen LogP contribution in [0.15, 0.2) is 84.2 Å². The van der Waals surface area contributed by atoms with Gasteiger partial charge >= 0.3 is 5.97 Å². The van der Waals surface area contributed by atoms with Crippen molar-refractivity contribution in [1.82, 2.24) is 0 Å². The van der Waals surface area contributed by atoms with Gasteiger partial charge in [-0.2, -0.15) is 0 Å². The molecule has 5 nitrogen and oxygen atoms in total. The first-order valence-corrected chi connectivity index (χ1v) is 9.86. The molecule has 0 unspecified atom stereocenters. The smallest absolute Gasteiger partial charge is 0.341 e. The molecule has 0 aromatic heterocycles. The summed E-state index contributed by atoms with van der Waals surface area (Å²) in [6, 6.07) is 21.9. The molecule has 0 aliphatic carbocycles. The number of fused-ring (bicyclic) bond motifs is 1. The van der Waals surface area contributed by atoms with Crippen molar-refractivity contribution in [2.24, 2.45) is 5.16 Å². The first kappa shape index (κ1) is 21.8. The van der Waals surface area contributed by atoms with Crippen LogP contribution in [0.4, 0.5) is 0 Å². The third-order valence-electron chi connectivity index (χ3n) is 4.70. The van der Waals surface area contributed by atoms with Crippen molar-refractivity contribution in [3.05, 3.63) is 95.8 Å². The first-order valence-electron chi connectivity index (χ1n) is 9.86. The van der Waals surface area contributed by atoms with Gasteiger partial charge < -0.3 is 14.3 Å². The molecule has 0 bridgehead atoms. The van der Waals surface area contributed by atoms with Gasteiger partial charge in [0, 0.05) is 5.56 Å². The molecule has 0 spiro atoms. The molecule has 0 heterocycles. The number of rotatable bonds is 8. The fourth-order valence-corrected chi connectivity index (χ4v) is 3.20. The first-order chi connectivity index (χ1) is 15.1. The van der Waals surface area contributed by atoms with E-state index in [1.165, 1.54) is 31.3 Å². The summed E-state index contributed by atoms with van der Waals surface area (Å²) in [5.74, 6) is -0.480. The highest BCUT2D eigenvalue weighted by molar-refractivity contribution is 6.16. The molecule has 0 aliphatic heterocycles. The van der Waals surface area contributed by atoms with Crippen LogP contribution in [0.5, 0.6) is 0 Å². The fraction of sp³-hybridized carbons (Fsp3) is 0.154. The molecule has 158 valence electrons. The molecule has 0 N–H and O–H groups in total. The summed E-state index contributed by atoms with van der Waals surface area (Å²) in [5.41, 5.74) is 3.64. The standard InChI is InChI=1S/C26H25NO4/c1-19(15-16-21-12-8-11-20-9-4-6-13-23(20)21)27-31-17-22-10-5-7-14-24(22)25(18-29-2)26(28)30-3/h4-16,18H,17H2,1-3H3/b16-15+,25-18+,27-19+. The van der Waals surface area contributed by atoms with Crippen molar-refractivity contribution in [2.45, 2.75) is 13.5 Å². The Labute approximate surface area is 182 Å². The Morgan fingerprint density at radius 2 is 1.71 bits per heavy atom. The van der Waals surface area contributed by atoms with E-state index in [1.807, 2.05) is 61.5 Å². The van der Waals surface area contributed by atoms with Crippen molar-refractivity contribution >= 4 is 34.1 Å². The summed E-state index contributed by atoms with van der Waals surface area (Å²) in [4.78, 5) is 17.7. The van der Waals surface area contributed by atoms with E-state index in [9.17, 15) is 4.79 Å². The van der Waals surface area contributed by atoms with Gasteiger partial charge in [0.05, 0.1) is 26.2 Å². The fourth-order valence-electron chi connectivity index (χ4n) is 3.20. The number of allylic oxidation sites excluding steroid dienone is 1. The second-order valence-electron chi connectivity index (χ2n) is 6.82. The van der Waals surface area contributed by atoms with Crippen LogP contribution in [0.25, 0.3) is 22.4 Å². The van der Waals surface area contributed by atoms with Gasteiger partial charge in [0.2, 0.25) is 0 Å². The molecule has 5 heteroatoms. The minimum absolute atomic E-state index is 0.202. The molecule has 3 aromatic rings. The maximum absolute atomic E-state index is 12.1. The number of benzene rings is 3. The van der Waals surface area contributed by atoms with Crippen LogP contribution in [-0.2, 0) is 25.7 Å². The van der Waals surface area contributed by atoms with Gasteiger partial charge in [-0.1, -0.05) is 78.0 Å². The maximum atomic E-state index is 12.1. The van der Waals surface area contributed by atoms with Crippen molar-refractivity contribution < 1.29 is 19.1 Å². The Morgan fingerprint density at radius 3 is 2.52 bits per heavy atom. The normalized spacial score (nSPS) is 12.2. The number of nitrogens with zero attached hydrogens (tertiary/aromatic N) is 1. The van der Waals surface area contributed by atoms with Crippen molar-refractivity contribution in [2.75, 3.05) is 14.2 Å². The zero-order chi connectivity index (χ0) is 22.1. The monoisotopic (exact) mass is 415 g/mol. The number of hydrogen-bond donors (Lipinski definition) is 0. The molecular formula is C26H25NO4. The third-order valence-corrected chi connectivity index (χ3v) is 4.70. The van der Waals surface area contributed by atoms with E-state index in [2.05, 4.69) is 29.4 Å². The second-order valence-corrected chi connectivity index (χ2v) is 6.82. The Kier molecular flexibility index (Phi) is 7.60. The second kappa shape index (κ2) is 10.8. The van der Waals surface area contributed by atoms with Crippen LogP contribution < -0.4 is 0 Å². The van der Waals surface area contributed by atoms with Crippen LogP contribution in [0.3, 0.4) is 0 Å². The summed E-state index contributed by atoms with van der Waals surface area (Å²) >= 11 is 0. The molecule has 0 radical (unpaired) electrons. The molecule has 0 saturated carbocycles. The minimum Gasteiger partial charge on any atom is -0.503 e. The van der Waals surface area contributed by atoms with Gasteiger partial charge in [-0.05, 0) is 34.9 Å². The summed E-state index contributed by atoms with van der Waals surface area (Å²) in [6.45, 7) is 2.08. The Bertz CT molecular complexity index is 1140. The van der Waals surface area contributed by atoms with Gasteiger partial charge in [0.15, 0.2) is 0 Å². The number of hydrogen-bond acceptors (Lipinski definition) is 5. The molecule has 0 aliphatic rings. The van der Waals surface area contributed by atoms with Gasteiger partial charge in [0.1, 0.15) is 12.2 Å². The molecule has 0 fully saturated rings. The quantitative estimate of drug-likeness (QED) is 0.158. The maximum Gasteiger partial charge on any atom is 0.341 e. The molecule has 3 rings (SSSR count). The van der Waals surface area contributed by atoms with E-state index in [1.54, 1.807) is 0 Å². The molecular weight excluding hydrogens is 390 g/mol. The predicted molar refractivity (Wildman–Crippen MR) is 124 cm³/mol. The zero-order valence-corrected chi connectivity index (χ0v) is 17.9. The largest absolute Gasteiger partial charge is 0.503 e. The van der Waals surface area contributed by atoms with E-state index in [0.29, 0.717) is 11.1 Å². The summed E-state index contributed by atoms with van der Waals surface area (Å²) in [5, 5.41) is 6.57. The Balaban J connectivity index is 1.73. The lowest BCUT2D eigenvalue weighted by Gasteiger charge is -2.10. The van der Waals surface area contributed by atoms with Crippen molar-refractivity contribution in [3.8, 4) is 0 Å². The van der Waals surface area contributed by atoms with Gasteiger partial charge in [-0.3, -0.25) is 0 Å². The van der Waals surface area contributed by atoms with Crippen LogP contribution in [0.2, 0.25) is 0 Å². The highest BCUT2D eigenvalue weighted by atomic mass is 16.6. The number of ether oxygens (including phenoxy) is 2. The molecule has 0 atom stereocenters. The van der Waals surface area contributed by atoms with Gasteiger partial charge in [0.25, 0.3) is 0 Å². The van der Waals surface area contributed by atoms with Crippen molar-refractivity contribution in [3.63, 3.8) is 0 Å². The van der Waals surface area contributed by atoms with Crippen molar-refractivity contribution in [1.29, 1.82) is 0 Å². The Hall–Kier alpha value is -3.86. The lowest BCUT2D eigenvalue weighted by atomic mass is 10.0. The summed E-state index contributed by atoms with van der Waals surface area (Å²) in [6.07, 6.45) is 5.31. The Morgan fingerprint density at radius 1 is 0.968 bits per heavy atom. The summed E-state index contributed by atoms with van der Waals surface area (Å²) < 4.78 is 9.90. The van der Waals surface area contributed by atoms with Crippen LogP contribution in [0, 0.1) is 0 Å². The van der Waals surface area contributed by atoms with E-state index in [4.69, 9.17) is 14.3 Å². The predicted octanol–water partition coefficient (Wildman–Crippen LogP) is 5.61. The molecule has 31 heavy (non-hydrogen) atoms. The van der Waals surface area contributed by atoms with Gasteiger partial charge in [-0.15, -0.1) is 0 Å². The lowest BCUT2D eigenvalue weighted by Crippen LogP contribution is -2.07. The molecule has 0 saturated heterocycles. The number of methoxy groups -OCH3 is 2. The van der Waals surface area contributed by atoms with Gasteiger partial charge in [-0.25, -0.2) is 4.79 Å². The van der Waals surface area contributed by atoms with E-state index in [-0.39, 0.29) is 6.61 Å². The van der Waals surface area contributed by atoms with E-state index < -0.39 is 5.97 Å². The number of oxime groups is 1.